The van der Waals surface area contributed by atoms with Gasteiger partial charge >= 0.3 is 6.01 Å². The highest BCUT2D eigenvalue weighted by Crippen LogP contribution is 2.28. The molecule has 4 rings (SSSR count). The molecule has 8 nitrogen and oxygen atoms in total. The number of nitrogens with zero attached hydrogens (tertiary/aromatic N) is 2. The fraction of sp³-hybridized carbons (Fsp3) is 0. The van der Waals surface area contributed by atoms with E-state index in [4.69, 9.17) is 16.0 Å². The Kier molecular flexibility index (Phi) is 5.89. The van der Waals surface area contributed by atoms with Gasteiger partial charge in [0.2, 0.25) is 0 Å². The summed E-state index contributed by atoms with van der Waals surface area (Å²) in [7, 11) is -4.06. The normalized spacial score (nSPS) is 11.2. The first-order valence-electron chi connectivity index (χ1n) is 9.11. The lowest BCUT2D eigenvalue weighted by Crippen LogP contribution is -2.18. The highest BCUT2D eigenvalue weighted by molar-refractivity contribution is 7.92. The molecule has 0 saturated carbocycles. The topological polar surface area (TPSA) is 114 Å². The Bertz CT molecular complexity index is 1390. The molecule has 162 valence electrons. The summed E-state index contributed by atoms with van der Waals surface area (Å²) >= 11 is 6.11. The minimum atomic E-state index is -4.06. The lowest BCUT2D eigenvalue weighted by Gasteiger charge is -2.12. The van der Waals surface area contributed by atoms with Gasteiger partial charge in [0.05, 0.1) is 26.7 Å². The average molecular weight is 473 g/mol. The summed E-state index contributed by atoms with van der Waals surface area (Å²) < 4.78 is 46.1. The zero-order valence-corrected chi connectivity index (χ0v) is 17.7. The van der Waals surface area contributed by atoms with Crippen molar-refractivity contribution in [1.82, 2.24) is 10.2 Å². The summed E-state index contributed by atoms with van der Waals surface area (Å²) in [4.78, 5) is 12.6. The molecule has 0 bridgehead atoms. The van der Waals surface area contributed by atoms with Crippen LogP contribution in [0.15, 0.2) is 82.1 Å². The van der Waals surface area contributed by atoms with Crippen LogP contribution < -0.4 is 10.0 Å². The number of carbonyl (C=O) groups excluding carboxylic acids is 1. The molecule has 11 heteroatoms. The van der Waals surface area contributed by atoms with Gasteiger partial charge in [0, 0.05) is 0 Å². The molecule has 0 atom stereocenters. The van der Waals surface area contributed by atoms with Crippen LogP contribution in [0.5, 0.6) is 0 Å². The Balaban J connectivity index is 1.56. The largest absolute Gasteiger partial charge is 0.403 e. The van der Waals surface area contributed by atoms with Crippen molar-refractivity contribution in [2.24, 2.45) is 0 Å². The average Bonchev–Trinajstić information content (AvgIpc) is 3.22. The molecule has 0 saturated heterocycles. The van der Waals surface area contributed by atoms with E-state index in [1.165, 1.54) is 12.1 Å². The summed E-state index contributed by atoms with van der Waals surface area (Å²) in [6, 6.07) is 16.9. The number of amides is 1. The van der Waals surface area contributed by atoms with E-state index in [1.54, 1.807) is 36.4 Å². The number of nitrogens with one attached hydrogen (secondary N) is 2. The maximum absolute atomic E-state index is 13.1. The third kappa shape index (κ3) is 4.61. The molecule has 2 N–H and O–H groups in total. The second kappa shape index (κ2) is 8.77. The van der Waals surface area contributed by atoms with Crippen LogP contribution in [-0.4, -0.2) is 24.5 Å². The number of rotatable bonds is 6. The van der Waals surface area contributed by atoms with Gasteiger partial charge < -0.3 is 4.42 Å². The molecule has 0 aliphatic heterocycles. The van der Waals surface area contributed by atoms with E-state index in [0.717, 1.165) is 24.3 Å². The van der Waals surface area contributed by atoms with Gasteiger partial charge in [-0.05, 0) is 48.5 Å². The van der Waals surface area contributed by atoms with Crippen LogP contribution in [0.2, 0.25) is 5.02 Å². The summed E-state index contributed by atoms with van der Waals surface area (Å²) in [5, 5.41) is 10.5. The number of hydrogen-bond donors (Lipinski definition) is 2. The molecule has 4 aromatic rings. The molecule has 3 aromatic carbocycles. The Morgan fingerprint density at radius 2 is 1.62 bits per heavy atom. The van der Waals surface area contributed by atoms with Crippen molar-refractivity contribution in [2.75, 3.05) is 10.0 Å². The number of sulfonamides is 1. The molecule has 0 spiro atoms. The molecule has 1 amide bonds. The molecule has 0 radical (unpaired) electrons. The number of hydrogen-bond acceptors (Lipinski definition) is 6. The minimum Gasteiger partial charge on any atom is -0.403 e. The third-order valence-electron chi connectivity index (χ3n) is 4.29. The Hall–Kier alpha value is -3.76. The third-order valence-corrected chi connectivity index (χ3v) is 6.00. The Morgan fingerprint density at radius 1 is 0.938 bits per heavy atom. The lowest BCUT2D eigenvalue weighted by atomic mass is 10.2. The Labute approximate surface area is 187 Å². The smallest absolute Gasteiger partial charge is 0.322 e. The van der Waals surface area contributed by atoms with E-state index >= 15 is 0 Å². The molecule has 1 heterocycles. The van der Waals surface area contributed by atoms with Crippen LogP contribution in [0.25, 0.3) is 11.5 Å². The van der Waals surface area contributed by atoms with Gasteiger partial charge in [-0.25, -0.2) is 12.8 Å². The molecular weight excluding hydrogens is 459 g/mol. The summed E-state index contributed by atoms with van der Waals surface area (Å²) in [5.41, 5.74) is 0.519. The van der Waals surface area contributed by atoms with E-state index in [1.807, 2.05) is 0 Å². The number of carbonyl (C=O) groups is 1. The number of anilines is 2. The standard InChI is InChI=1S/C21H14ClFN4O4S/c22-17-7-3-1-5-15(17)20-25-26-21(31-20)24-19(28)16-6-2-4-8-18(16)27-32(29,30)14-11-9-13(23)10-12-14/h1-12,27H,(H,24,26,28). The van der Waals surface area contributed by atoms with Crippen LogP contribution >= 0.6 is 11.6 Å². The molecule has 0 aliphatic rings. The van der Waals surface area contributed by atoms with Crippen molar-refractivity contribution < 1.29 is 22.0 Å². The van der Waals surface area contributed by atoms with Crippen LogP contribution in [-0.2, 0) is 10.0 Å². The second-order valence-electron chi connectivity index (χ2n) is 6.45. The highest BCUT2D eigenvalue weighted by Gasteiger charge is 2.20. The summed E-state index contributed by atoms with van der Waals surface area (Å²) in [5.74, 6) is -1.15. The summed E-state index contributed by atoms with van der Waals surface area (Å²) in [6.45, 7) is 0. The van der Waals surface area contributed by atoms with Gasteiger partial charge in [-0.15, -0.1) is 5.10 Å². The van der Waals surface area contributed by atoms with Crippen molar-refractivity contribution in [1.29, 1.82) is 0 Å². The maximum Gasteiger partial charge on any atom is 0.322 e. The molecule has 1 aromatic heterocycles. The molecule has 0 unspecified atom stereocenters. The highest BCUT2D eigenvalue weighted by atomic mass is 35.5. The van der Waals surface area contributed by atoms with Gasteiger partial charge in [0.25, 0.3) is 21.8 Å². The van der Waals surface area contributed by atoms with Crippen molar-refractivity contribution in [3.05, 3.63) is 89.2 Å². The predicted octanol–water partition coefficient (Wildman–Crippen LogP) is 4.58. The zero-order valence-electron chi connectivity index (χ0n) is 16.1. The molecule has 32 heavy (non-hydrogen) atoms. The quantitative estimate of drug-likeness (QED) is 0.424. The van der Waals surface area contributed by atoms with E-state index in [9.17, 15) is 17.6 Å². The van der Waals surface area contributed by atoms with Gasteiger partial charge in [-0.2, -0.15) is 0 Å². The first kappa shape index (κ1) is 21.5. The number of benzene rings is 3. The SMILES string of the molecule is O=C(Nc1nnc(-c2ccccc2Cl)o1)c1ccccc1NS(=O)(=O)c1ccc(F)cc1. The predicted molar refractivity (Wildman–Crippen MR) is 116 cm³/mol. The number of para-hydroxylation sites is 1. The van der Waals surface area contributed by atoms with E-state index < -0.39 is 21.7 Å². The zero-order chi connectivity index (χ0) is 22.7. The lowest BCUT2D eigenvalue weighted by molar-refractivity contribution is 0.102. The van der Waals surface area contributed by atoms with Crippen molar-refractivity contribution in [3.8, 4) is 11.5 Å². The summed E-state index contributed by atoms with van der Waals surface area (Å²) in [6.07, 6.45) is 0. The maximum atomic E-state index is 13.1. The van der Waals surface area contributed by atoms with Crippen LogP contribution in [0.1, 0.15) is 10.4 Å². The van der Waals surface area contributed by atoms with Crippen LogP contribution in [0.3, 0.4) is 0 Å². The Morgan fingerprint density at radius 3 is 2.38 bits per heavy atom. The monoisotopic (exact) mass is 472 g/mol. The molecule has 0 aliphatic carbocycles. The molecule has 0 fully saturated rings. The second-order valence-corrected chi connectivity index (χ2v) is 8.54. The van der Waals surface area contributed by atoms with Crippen LogP contribution in [0.4, 0.5) is 16.1 Å². The number of aromatic nitrogens is 2. The molecular formula is C21H14ClFN4O4S. The van der Waals surface area contributed by atoms with Crippen LogP contribution in [0, 0.1) is 5.82 Å². The van der Waals surface area contributed by atoms with Crippen molar-refractivity contribution in [2.45, 2.75) is 4.90 Å². The fourth-order valence-electron chi connectivity index (χ4n) is 2.77. The van der Waals surface area contributed by atoms with Gasteiger partial charge in [-0.1, -0.05) is 41.0 Å². The van der Waals surface area contributed by atoms with E-state index in [2.05, 4.69) is 20.2 Å². The van der Waals surface area contributed by atoms with E-state index in [-0.39, 0.29) is 28.1 Å². The van der Waals surface area contributed by atoms with Crippen molar-refractivity contribution in [3.63, 3.8) is 0 Å². The first-order chi connectivity index (χ1) is 15.3. The first-order valence-corrected chi connectivity index (χ1v) is 11.0. The van der Waals surface area contributed by atoms with Gasteiger partial charge in [-0.3, -0.25) is 14.8 Å². The van der Waals surface area contributed by atoms with Gasteiger partial charge in [0.1, 0.15) is 5.82 Å². The fourth-order valence-corrected chi connectivity index (χ4v) is 4.07. The van der Waals surface area contributed by atoms with Gasteiger partial charge in [0.15, 0.2) is 0 Å². The number of halogens is 2. The van der Waals surface area contributed by atoms with E-state index in [0.29, 0.717) is 10.6 Å². The van der Waals surface area contributed by atoms with Crippen molar-refractivity contribution >= 4 is 39.2 Å². The minimum absolute atomic E-state index is 0.00989.